The number of ether oxygens (including phenoxy) is 1. The Labute approximate surface area is 196 Å². The summed E-state index contributed by atoms with van der Waals surface area (Å²) in [4.78, 5) is 37.3. The lowest BCUT2D eigenvalue weighted by molar-refractivity contribution is -0.142. The van der Waals surface area contributed by atoms with Crippen molar-refractivity contribution in [3.63, 3.8) is 0 Å². The molecule has 0 spiro atoms. The lowest BCUT2D eigenvalue weighted by Crippen LogP contribution is -2.52. The molecule has 2 aromatic rings. The fourth-order valence-electron chi connectivity index (χ4n) is 3.05. The van der Waals surface area contributed by atoms with Crippen molar-refractivity contribution in [2.24, 2.45) is 5.92 Å². The molecule has 0 fully saturated rings. The van der Waals surface area contributed by atoms with Gasteiger partial charge in [0.25, 0.3) is 0 Å². The van der Waals surface area contributed by atoms with E-state index in [1.807, 2.05) is 44.2 Å². The van der Waals surface area contributed by atoms with Crippen LogP contribution in [0.1, 0.15) is 32.3 Å². The normalized spacial score (nSPS) is 13.5. The van der Waals surface area contributed by atoms with Gasteiger partial charge in [-0.3, -0.25) is 9.00 Å². The van der Waals surface area contributed by atoms with Gasteiger partial charge in [0.2, 0.25) is 5.91 Å². The quantitative estimate of drug-likeness (QED) is 0.435. The summed E-state index contributed by atoms with van der Waals surface area (Å²) in [7, 11) is -1.39. The maximum atomic E-state index is 12.8. The molecule has 8 nitrogen and oxygen atoms in total. The monoisotopic (exact) mass is 474 g/mol. The Hall–Kier alpha value is -3.20. The summed E-state index contributed by atoms with van der Waals surface area (Å²) in [5, 5.41) is 14.5. The summed E-state index contributed by atoms with van der Waals surface area (Å²) < 4.78 is 17.6. The number of carboxylic acids is 1. The van der Waals surface area contributed by atoms with Crippen LogP contribution in [0.5, 0.6) is 0 Å². The Balaban J connectivity index is 1.94. The highest BCUT2D eigenvalue weighted by Crippen LogP contribution is 2.10. The summed E-state index contributed by atoms with van der Waals surface area (Å²) in [6.45, 7) is 3.82. The maximum Gasteiger partial charge on any atom is 0.408 e. The molecule has 2 aromatic carbocycles. The maximum absolute atomic E-state index is 12.8. The highest BCUT2D eigenvalue weighted by atomic mass is 32.2. The number of carbonyl (C=O) groups is 3. The molecular weight excluding hydrogens is 444 g/mol. The van der Waals surface area contributed by atoms with E-state index in [1.54, 1.807) is 30.3 Å². The van der Waals surface area contributed by atoms with E-state index in [-0.39, 0.29) is 24.7 Å². The number of carboxylic acid groups (broad SMARTS) is 1. The molecule has 3 atom stereocenters. The van der Waals surface area contributed by atoms with Crippen molar-refractivity contribution >= 4 is 28.8 Å². The number of carbonyl (C=O) groups excluding carboxylic acids is 2. The molecular formula is C24H30N2O6S. The molecule has 0 heterocycles. The van der Waals surface area contributed by atoms with Crippen LogP contribution < -0.4 is 10.6 Å². The first-order chi connectivity index (χ1) is 15.8. The standard InChI is InChI=1S/C24H30N2O6S/c1-17(2)15-21(26-24(30)32-16-18-9-5-3-6-10-18)22(27)25-20(23(28)29)13-14-33(31)19-11-7-4-8-12-19/h3-12,17,20-21H,13-16H2,1-2H3,(H,25,27)(H,26,30)(H,28,29)/t20-,21+,33+/m1/s1. The van der Waals surface area contributed by atoms with Gasteiger partial charge in [-0.15, -0.1) is 0 Å². The second-order valence-corrected chi connectivity index (χ2v) is 9.51. The minimum absolute atomic E-state index is 0.0184. The number of alkyl carbamates (subject to hydrolysis) is 1. The van der Waals surface area contributed by atoms with Crippen molar-refractivity contribution < 1.29 is 28.4 Å². The number of benzene rings is 2. The zero-order valence-electron chi connectivity index (χ0n) is 18.7. The smallest absolute Gasteiger partial charge is 0.408 e. The van der Waals surface area contributed by atoms with Gasteiger partial charge in [-0.1, -0.05) is 62.4 Å². The molecule has 33 heavy (non-hydrogen) atoms. The summed E-state index contributed by atoms with van der Waals surface area (Å²) in [5.74, 6) is -1.73. The first kappa shape index (κ1) is 26.1. The third-order valence-corrected chi connectivity index (χ3v) is 6.15. The van der Waals surface area contributed by atoms with Crippen LogP contribution in [0, 0.1) is 5.92 Å². The van der Waals surface area contributed by atoms with Crippen LogP contribution in [0.15, 0.2) is 65.6 Å². The first-order valence-corrected chi connectivity index (χ1v) is 12.0. The number of rotatable bonds is 12. The molecule has 0 unspecified atom stereocenters. The molecule has 0 saturated carbocycles. The SMILES string of the molecule is CC(C)C[C@H](NC(=O)OCc1ccccc1)C(=O)N[C@H](CC[S@](=O)c1ccccc1)C(=O)O. The van der Waals surface area contributed by atoms with Crippen molar-refractivity contribution in [3.8, 4) is 0 Å². The summed E-state index contributed by atoms with van der Waals surface area (Å²) in [6, 6.07) is 15.6. The molecule has 0 aliphatic heterocycles. The van der Waals surface area contributed by atoms with Gasteiger partial charge in [0, 0.05) is 10.6 Å². The topological polar surface area (TPSA) is 122 Å². The summed E-state index contributed by atoms with van der Waals surface area (Å²) >= 11 is 0. The van der Waals surface area contributed by atoms with Crippen molar-refractivity contribution in [2.45, 2.75) is 50.3 Å². The largest absolute Gasteiger partial charge is 0.480 e. The van der Waals surface area contributed by atoms with Crippen LogP contribution in [0.3, 0.4) is 0 Å². The Morgan fingerprint density at radius 1 is 0.939 bits per heavy atom. The van der Waals surface area contributed by atoms with Crippen LogP contribution in [0.25, 0.3) is 0 Å². The van der Waals surface area contributed by atoms with E-state index in [1.165, 1.54) is 0 Å². The van der Waals surface area contributed by atoms with Gasteiger partial charge in [0.05, 0.1) is 10.8 Å². The first-order valence-electron chi connectivity index (χ1n) is 10.7. The van der Waals surface area contributed by atoms with Crippen LogP contribution in [-0.2, 0) is 31.7 Å². The minimum atomic E-state index is -1.39. The Kier molecular flexibility index (Phi) is 10.6. The summed E-state index contributed by atoms with van der Waals surface area (Å²) in [5.41, 5.74) is 0.801. The molecule has 9 heteroatoms. The lowest BCUT2D eigenvalue weighted by atomic mass is 10.0. The predicted octanol–water partition coefficient (Wildman–Crippen LogP) is 3.09. The molecule has 2 amide bonds. The van der Waals surface area contributed by atoms with Crippen molar-refractivity contribution in [3.05, 3.63) is 66.2 Å². The molecule has 0 saturated heterocycles. The highest BCUT2D eigenvalue weighted by Gasteiger charge is 2.28. The van der Waals surface area contributed by atoms with E-state index in [4.69, 9.17) is 4.74 Å². The van der Waals surface area contributed by atoms with Gasteiger partial charge < -0.3 is 20.5 Å². The third-order valence-electron chi connectivity index (χ3n) is 4.74. The number of nitrogens with one attached hydrogen (secondary N) is 2. The van der Waals surface area contributed by atoms with Crippen molar-refractivity contribution in [1.29, 1.82) is 0 Å². The van der Waals surface area contributed by atoms with Crippen LogP contribution in [0.4, 0.5) is 4.79 Å². The van der Waals surface area contributed by atoms with E-state index < -0.39 is 40.9 Å². The highest BCUT2D eigenvalue weighted by molar-refractivity contribution is 7.85. The molecule has 2 rings (SSSR count). The van der Waals surface area contributed by atoms with Crippen LogP contribution in [0.2, 0.25) is 0 Å². The second kappa shape index (κ2) is 13.4. The van der Waals surface area contributed by atoms with E-state index >= 15 is 0 Å². The molecule has 0 aliphatic carbocycles. The Bertz CT molecular complexity index is 936. The average molecular weight is 475 g/mol. The average Bonchev–Trinajstić information content (AvgIpc) is 2.80. The molecule has 3 N–H and O–H groups in total. The Morgan fingerprint density at radius 3 is 2.12 bits per heavy atom. The van der Waals surface area contributed by atoms with Gasteiger partial charge in [-0.2, -0.15) is 0 Å². The number of hydrogen-bond donors (Lipinski definition) is 3. The van der Waals surface area contributed by atoms with Gasteiger partial charge in [-0.05, 0) is 36.5 Å². The number of hydrogen-bond acceptors (Lipinski definition) is 5. The molecule has 0 bridgehead atoms. The van der Waals surface area contributed by atoms with Gasteiger partial charge in [-0.25, -0.2) is 9.59 Å². The number of aliphatic carboxylic acids is 1. The lowest BCUT2D eigenvalue weighted by Gasteiger charge is -2.22. The molecule has 0 aromatic heterocycles. The van der Waals surface area contributed by atoms with Crippen molar-refractivity contribution in [1.82, 2.24) is 10.6 Å². The molecule has 0 aliphatic rings. The summed E-state index contributed by atoms with van der Waals surface area (Å²) in [6.07, 6.45) is -0.485. The van der Waals surface area contributed by atoms with Gasteiger partial charge >= 0.3 is 12.1 Å². The van der Waals surface area contributed by atoms with Crippen LogP contribution >= 0.6 is 0 Å². The molecule has 178 valence electrons. The minimum Gasteiger partial charge on any atom is -0.480 e. The van der Waals surface area contributed by atoms with E-state index in [2.05, 4.69) is 10.6 Å². The second-order valence-electron chi connectivity index (χ2n) is 7.94. The van der Waals surface area contributed by atoms with Gasteiger partial charge in [0.15, 0.2) is 0 Å². The zero-order chi connectivity index (χ0) is 24.2. The van der Waals surface area contributed by atoms with E-state index in [0.29, 0.717) is 11.3 Å². The third kappa shape index (κ3) is 9.44. The predicted molar refractivity (Wildman–Crippen MR) is 125 cm³/mol. The number of amides is 2. The van der Waals surface area contributed by atoms with Crippen LogP contribution in [-0.4, -0.2) is 45.1 Å². The zero-order valence-corrected chi connectivity index (χ0v) is 19.5. The van der Waals surface area contributed by atoms with Gasteiger partial charge in [0.1, 0.15) is 18.7 Å². The van der Waals surface area contributed by atoms with E-state index in [0.717, 1.165) is 5.56 Å². The van der Waals surface area contributed by atoms with Crippen molar-refractivity contribution in [2.75, 3.05) is 5.75 Å². The Morgan fingerprint density at radius 2 is 1.55 bits per heavy atom. The fourth-order valence-corrected chi connectivity index (χ4v) is 4.20. The van der Waals surface area contributed by atoms with E-state index in [9.17, 15) is 23.7 Å². The molecule has 0 radical (unpaired) electrons. The fraction of sp³-hybridized carbons (Fsp3) is 0.375.